The van der Waals surface area contributed by atoms with Crippen molar-refractivity contribution in [3.63, 3.8) is 0 Å². The zero-order valence-corrected chi connectivity index (χ0v) is 41.0. The first-order valence-corrected chi connectivity index (χ1v) is 27.6. The van der Waals surface area contributed by atoms with E-state index >= 15 is 0 Å². The molecule has 0 aliphatic heterocycles. The lowest BCUT2D eigenvalue weighted by Crippen LogP contribution is -2.64. The third kappa shape index (κ3) is 31.6. The van der Waals surface area contributed by atoms with Gasteiger partial charge in [0, 0.05) is 6.42 Å². The number of unbranched alkanes of at least 4 members (excludes halogenated alkanes) is 33. The minimum Gasteiger partial charge on any atom is -0.387 e. The van der Waals surface area contributed by atoms with Crippen LogP contribution in [0.15, 0.2) is 12.2 Å². The molecule has 6 unspecified atom stereocenters. The number of phosphoric ester groups is 1. The zero-order chi connectivity index (χ0) is 46.4. The van der Waals surface area contributed by atoms with Crippen LogP contribution in [0.5, 0.6) is 0 Å². The van der Waals surface area contributed by atoms with Crippen LogP contribution < -0.4 is 5.32 Å². The minimum atomic E-state index is -5.07. The van der Waals surface area contributed by atoms with Crippen LogP contribution in [0.3, 0.4) is 0 Å². The van der Waals surface area contributed by atoms with Crippen LogP contribution in [0.4, 0.5) is 0 Å². The normalized spacial score (nSPS) is 22.4. The molecule has 1 fully saturated rings. The number of aliphatic hydroxyl groups is 6. The Bertz CT molecular complexity index is 1120. The number of allylic oxidation sites excluding steroid dienone is 1. The molecule has 13 heteroatoms. The maximum absolute atomic E-state index is 13.0. The lowest BCUT2D eigenvalue weighted by Gasteiger charge is -2.41. The number of carbonyl (C=O) groups is 1. The van der Waals surface area contributed by atoms with Crippen LogP contribution in [0.1, 0.15) is 245 Å². The first kappa shape index (κ1) is 60.1. The molecular weight excluding hydrogens is 822 g/mol. The zero-order valence-electron chi connectivity index (χ0n) is 40.1. The maximum Gasteiger partial charge on any atom is 0.472 e. The molecule has 0 spiro atoms. The van der Waals surface area contributed by atoms with Crippen molar-refractivity contribution in [1.82, 2.24) is 5.32 Å². The fourth-order valence-corrected chi connectivity index (χ4v) is 9.52. The van der Waals surface area contributed by atoms with Crippen molar-refractivity contribution < 1.29 is 53.9 Å². The van der Waals surface area contributed by atoms with E-state index < -0.39 is 63.2 Å². The van der Waals surface area contributed by atoms with Gasteiger partial charge in [0.15, 0.2) is 0 Å². The number of aliphatic hydroxyl groups excluding tert-OH is 6. The Balaban J connectivity index is 2.31. The van der Waals surface area contributed by atoms with E-state index in [9.17, 15) is 44.9 Å². The Morgan fingerprint density at radius 2 is 0.841 bits per heavy atom. The van der Waals surface area contributed by atoms with E-state index in [1.807, 2.05) is 6.08 Å². The van der Waals surface area contributed by atoms with E-state index in [2.05, 4.69) is 19.2 Å². The van der Waals surface area contributed by atoms with Crippen molar-refractivity contribution in [2.75, 3.05) is 6.61 Å². The molecule has 12 nitrogen and oxygen atoms in total. The highest BCUT2D eigenvalue weighted by atomic mass is 31.2. The predicted molar refractivity (Wildman–Crippen MR) is 255 cm³/mol. The standard InChI is InChI=1S/C50H98NO11P/c1-3-5-7-9-11-13-15-16-17-18-19-20-21-22-23-24-25-26-27-28-30-32-34-36-38-40-44(53)51-42(43(52)39-37-35-33-31-29-14-12-10-8-6-4-2)41-61-63(59,60)62-50-48(57)46(55)45(54)47(56)49(50)58/h37,39,42-43,45-50,52,54-58H,3-36,38,40-41H2,1-2H3,(H,51,53)(H,59,60)/b39-37+/t42-,43+,45?,46+,47?,48?,49?,50?/m0/s1. The van der Waals surface area contributed by atoms with Gasteiger partial charge in [-0.05, 0) is 19.3 Å². The van der Waals surface area contributed by atoms with Crippen molar-refractivity contribution in [1.29, 1.82) is 0 Å². The average molecular weight is 920 g/mol. The Hall–Kier alpha value is -0.920. The summed E-state index contributed by atoms with van der Waals surface area (Å²) in [4.78, 5) is 23.4. The summed E-state index contributed by atoms with van der Waals surface area (Å²) in [6, 6.07) is -1.11. The summed E-state index contributed by atoms with van der Waals surface area (Å²) in [6.45, 7) is 3.85. The lowest BCUT2D eigenvalue weighted by molar-refractivity contribution is -0.220. The molecule has 9 atom stereocenters. The van der Waals surface area contributed by atoms with Crippen molar-refractivity contribution in [3.8, 4) is 0 Å². The van der Waals surface area contributed by atoms with E-state index in [-0.39, 0.29) is 12.3 Å². The summed E-state index contributed by atoms with van der Waals surface area (Å²) in [5, 5.41) is 64.0. The first-order valence-electron chi connectivity index (χ1n) is 26.1. The summed E-state index contributed by atoms with van der Waals surface area (Å²) in [7, 11) is -5.07. The second-order valence-corrected chi connectivity index (χ2v) is 20.1. The smallest absolute Gasteiger partial charge is 0.387 e. The van der Waals surface area contributed by atoms with E-state index in [1.165, 1.54) is 179 Å². The van der Waals surface area contributed by atoms with Crippen LogP contribution in [-0.2, 0) is 18.4 Å². The SMILES string of the molecule is CCCCCCCCCCC/C=C/[C@@H](O)[C@H](COP(=O)(O)OC1C(O)C(O)C(O)[C@@H](O)C1O)NC(=O)CCCCCCCCCCCCCCCCCCCCCCCCCCC. The fraction of sp³-hybridized carbons (Fsp3) is 0.940. The van der Waals surface area contributed by atoms with E-state index in [0.29, 0.717) is 6.42 Å². The lowest BCUT2D eigenvalue weighted by atomic mass is 9.85. The van der Waals surface area contributed by atoms with E-state index in [4.69, 9.17) is 9.05 Å². The Kier molecular flexibility index (Phi) is 38.3. The highest BCUT2D eigenvalue weighted by molar-refractivity contribution is 7.47. The number of hydrogen-bond donors (Lipinski definition) is 8. The Morgan fingerprint density at radius 3 is 1.21 bits per heavy atom. The van der Waals surface area contributed by atoms with Gasteiger partial charge in [-0.15, -0.1) is 0 Å². The number of rotatable bonds is 44. The molecular formula is C50H98NO11P. The topological polar surface area (TPSA) is 206 Å². The number of hydrogen-bond acceptors (Lipinski definition) is 10. The van der Waals surface area contributed by atoms with Crippen molar-refractivity contribution in [2.45, 2.75) is 294 Å². The van der Waals surface area contributed by atoms with Gasteiger partial charge in [0.25, 0.3) is 0 Å². The molecule has 63 heavy (non-hydrogen) atoms. The van der Waals surface area contributed by atoms with Crippen LogP contribution in [0.2, 0.25) is 0 Å². The van der Waals surface area contributed by atoms with Gasteiger partial charge in [0.1, 0.15) is 36.6 Å². The molecule has 0 heterocycles. The van der Waals surface area contributed by atoms with Gasteiger partial charge in [-0.1, -0.05) is 231 Å². The highest BCUT2D eigenvalue weighted by Crippen LogP contribution is 2.47. The number of carbonyl (C=O) groups excluding carboxylic acids is 1. The fourth-order valence-electron chi connectivity index (χ4n) is 8.55. The van der Waals surface area contributed by atoms with Gasteiger partial charge in [0.05, 0.1) is 18.8 Å². The molecule has 1 aliphatic rings. The molecule has 1 rings (SSSR count). The molecule has 374 valence electrons. The molecule has 0 bridgehead atoms. The highest BCUT2D eigenvalue weighted by Gasteiger charge is 2.51. The van der Waals surface area contributed by atoms with E-state index in [1.54, 1.807) is 0 Å². The Morgan fingerprint density at radius 1 is 0.524 bits per heavy atom. The monoisotopic (exact) mass is 920 g/mol. The van der Waals surface area contributed by atoms with Crippen LogP contribution >= 0.6 is 7.82 Å². The average Bonchev–Trinajstić information content (AvgIpc) is 3.27. The van der Waals surface area contributed by atoms with Crippen molar-refractivity contribution in [3.05, 3.63) is 12.2 Å². The second-order valence-electron chi connectivity index (χ2n) is 18.7. The van der Waals surface area contributed by atoms with Crippen molar-refractivity contribution in [2.24, 2.45) is 0 Å². The van der Waals surface area contributed by atoms with Gasteiger partial charge in [0.2, 0.25) is 5.91 Å². The number of nitrogens with one attached hydrogen (secondary N) is 1. The maximum atomic E-state index is 13.0. The summed E-state index contributed by atoms with van der Waals surface area (Å²) >= 11 is 0. The molecule has 1 saturated carbocycles. The van der Waals surface area contributed by atoms with Crippen molar-refractivity contribution >= 4 is 13.7 Å². The third-order valence-electron chi connectivity index (χ3n) is 12.8. The quantitative estimate of drug-likeness (QED) is 0.0164. The Labute approximate surface area is 384 Å². The summed E-state index contributed by atoms with van der Waals surface area (Å²) < 4.78 is 22.9. The molecule has 0 radical (unpaired) electrons. The van der Waals surface area contributed by atoms with Gasteiger partial charge in [-0.2, -0.15) is 0 Å². The number of phosphoric acid groups is 1. The largest absolute Gasteiger partial charge is 0.472 e. The molecule has 0 aromatic rings. The van der Waals surface area contributed by atoms with Gasteiger partial charge >= 0.3 is 7.82 Å². The van der Waals surface area contributed by atoms with Crippen LogP contribution in [-0.4, -0.2) is 96.8 Å². The molecule has 0 saturated heterocycles. The van der Waals surface area contributed by atoms with Crippen LogP contribution in [0, 0.1) is 0 Å². The molecule has 1 aliphatic carbocycles. The van der Waals surface area contributed by atoms with E-state index in [0.717, 1.165) is 44.9 Å². The molecule has 8 N–H and O–H groups in total. The minimum absolute atomic E-state index is 0.219. The van der Waals surface area contributed by atoms with Gasteiger partial charge in [-0.3, -0.25) is 13.8 Å². The second kappa shape index (κ2) is 40.2. The third-order valence-corrected chi connectivity index (χ3v) is 13.8. The molecule has 0 aromatic carbocycles. The predicted octanol–water partition coefficient (Wildman–Crippen LogP) is 10.8. The molecule has 1 amide bonds. The first-order chi connectivity index (χ1) is 30.4. The summed E-state index contributed by atoms with van der Waals surface area (Å²) in [6.07, 6.45) is 34.5. The number of amides is 1. The van der Waals surface area contributed by atoms with Gasteiger partial charge in [-0.25, -0.2) is 4.57 Å². The summed E-state index contributed by atoms with van der Waals surface area (Å²) in [5.41, 5.74) is 0. The molecule has 0 aromatic heterocycles. The van der Waals surface area contributed by atoms with Gasteiger partial charge < -0.3 is 40.8 Å². The summed E-state index contributed by atoms with van der Waals surface area (Å²) in [5.74, 6) is -0.337. The van der Waals surface area contributed by atoms with Crippen LogP contribution in [0.25, 0.3) is 0 Å².